The normalized spacial score (nSPS) is 10.1. The van der Waals surface area contributed by atoms with Crippen LogP contribution in [0.4, 0.5) is 17.8 Å². The van der Waals surface area contributed by atoms with Gasteiger partial charge in [-0.15, -0.1) is 0 Å². The highest BCUT2D eigenvalue weighted by atomic mass is 16.7. The third-order valence-electron chi connectivity index (χ3n) is 1.22. The molecule has 1 heterocycles. The quantitative estimate of drug-likeness (QED) is 0.410. The second-order valence-electron chi connectivity index (χ2n) is 2.32. The van der Waals surface area contributed by atoms with Crippen molar-refractivity contribution < 1.29 is 9.57 Å². The van der Waals surface area contributed by atoms with Gasteiger partial charge < -0.3 is 16.2 Å². The van der Waals surface area contributed by atoms with Crippen LogP contribution in [-0.4, -0.2) is 35.3 Å². The standard InChI is InChI=1S/C6H12N6O2/c1-13-2-3-14-12-6-10-4(7)9-5(8)11-6/h2-3H2,1H3,(H5,7,8,9,10,11,12). The molecule has 78 valence electrons. The number of hydrogen-bond donors (Lipinski definition) is 3. The van der Waals surface area contributed by atoms with Crippen molar-refractivity contribution in [3.8, 4) is 0 Å². The molecule has 1 aromatic heterocycles. The number of nitrogens with one attached hydrogen (secondary N) is 1. The Hall–Kier alpha value is -1.67. The number of nitrogen functional groups attached to an aromatic ring is 2. The third kappa shape index (κ3) is 3.37. The zero-order valence-electron chi connectivity index (χ0n) is 7.73. The number of methoxy groups -OCH3 is 1. The second-order valence-corrected chi connectivity index (χ2v) is 2.32. The number of anilines is 3. The molecule has 8 heteroatoms. The zero-order chi connectivity index (χ0) is 10.4. The first-order valence-electron chi connectivity index (χ1n) is 3.86. The Labute approximate surface area is 80.6 Å². The predicted octanol–water partition coefficient (Wildman–Crippen LogP) is -0.974. The van der Waals surface area contributed by atoms with Gasteiger partial charge >= 0.3 is 0 Å². The molecule has 0 aliphatic heterocycles. The Balaban J connectivity index is 2.42. The Morgan fingerprint density at radius 2 is 1.79 bits per heavy atom. The van der Waals surface area contributed by atoms with E-state index >= 15 is 0 Å². The molecule has 14 heavy (non-hydrogen) atoms. The molecule has 0 spiro atoms. The van der Waals surface area contributed by atoms with Gasteiger partial charge in [0.25, 0.3) is 5.95 Å². The SMILES string of the molecule is COCCONc1nc(N)nc(N)n1. The van der Waals surface area contributed by atoms with E-state index in [0.29, 0.717) is 13.2 Å². The average molecular weight is 200 g/mol. The molecule has 0 saturated heterocycles. The Kier molecular flexibility index (Phi) is 3.83. The molecule has 0 saturated carbocycles. The molecule has 0 atom stereocenters. The summed E-state index contributed by atoms with van der Waals surface area (Å²) < 4.78 is 4.76. The minimum Gasteiger partial charge on any atom is -0.382 e. The van der Waals surface area contributed by atoms with E-state index in [4.69, 9.17) is 21.0 Å². The molecule has 0 unspecified atom stereocenters. The first-order chi connectivity index (χ1) is 6.72. The van der Waals surface area contributed by atoms with Gasteiger partial charge in [-0.05, 0) is 0 Å². The molecule has 0 bridgehead atoms. The van der Waals surface area contributed by atoms with Crippen LogP contribution < -0.4 is 16.9 Å². The van der Waals surface area contributed by atoms with Crippen molar-refractivity contribution in [2.45, 2.75) is 0 Å². The molecule has 1 rings (SSSR count). The second kappa shape index (κ2) is 5.14. The Bertz CT molecular complexity index is 273. The Morgan fingerprint density at radius 1 is 1.14 bits per heavy atom. The maximum Gasteiger partial charge on any atom is 0.253 e. The summed E-state index contributed by atoms with van der Waals surface area (Å²) in [5.41, 5.74) is 13.1. The highest BCUT2D eigenvalue weighted by Gasteiger charge is 2.00. The summed E-state index contributed by atoms with van der Waals surface area (Å²) in [6.45, 7) is 0.824. The molecule has 1 aromatic rings. The third-order valence-corrected chi connectivity index (χ3v) is 1.22. The lowest BCUT2D eigenvalue weighted by Crippen LogP contribution is -2.12. The largest absolute Gasteiger partial charge is 0.382 e. The Morgan fingerprint density at radius 3 is 2.36 bits per heavy atom. The fourth-order valence-electron chi connectivity index (χ4n) is 0.696. The average Bonchev–Trinajstić information content (AvgIpc) is 2.11. The maximum atomic E-state index is 5.33. The number of nitrogens with two attached hydrogens (primary N) is 2. The molecule has 0 radical (unpaired) electrons. The van der Waals surface area contributed by atoms with Crippen molar-refractivity contribution in [3.05, 3.63) is 0 Å². The lowest BCUT2D eigenvalue weighted by atomic mass is 10.8. The van der Waals surface area contributed by atoms with Gasteiger partial charge in [-0.25, -0.2) is 5.48 Å². The summed E-state index contributed by atoms with van der Waals surface area (Å²) in [7, 11) is 1.57. The first-order valence-corrected chi connectivity index (χ1v) is 3.86. The van der Waals surface area contributed by atoms with Crippen LogP contribution in [0.1, 0.15) is 0 Å². The van der Waals surface area contributed by atoms with E-state index in [-0.39, 0.29) is 17.8 Å². The maximum absolute atomic E-state index is 5.33. The highest BCUT2D eigenvalue weighted by molar-refractivity contribution is 5.35. The molecule has 0 aliphatic rings. The van der Waals surface area contributed by atoms with Crippen LogP contribution in [0.3, 0.4) is 0 Å². The van der Waals surface area contributed by atoms with Crippen LogP contribution in [0.25, 0.3) is 0 Å². The van der Waals surface area contributed by atoms with Crippen molar-refractivity contribution in [2.24, 2.45) is 0 Å². The molecular weight excluding hydrogens is 188 g/mol. The minimum absolute atomic E-state index is 0.0374. The molecule has 0 fully saturated rings. The summed E-state index contributed by atoms with van der Waals surface area (Å²) in [6, 6.07) is 0. The van der Waals surface area contributed by atoms with Crippen molar-refractivity contribution in [3.63, 3.8) is 0 Å². The molecule has 0 aromatic carbocycles. The van der Waals surface area contributed by atoms with Crippen LogP contribution in [0.15, 0.2) is 0 Å². The van der Waals surface area contributed by atoms with E-state index < -0.39 is 0 Å². The van der Waals surface area contributed by atoms with Crippen LogP contribution >= 0.6 is 0 Å². The molecule has 0 aliphatic carbocycles. The van der Waals surface area contributed by atoms with Crippen LogP contribution in [-0.2, 0) is 9.57 Å². The van der Waals surface area contributed by atoms with Gasteiger partial charge in [-0.2, -0.15) is 15.0 Å². The van der Waals surface area contributed by atoms with Gasteiger partial charge in [-0.1, -0.05) is 0 Å². The van der Waals surface area contributed by atoms with E-state index in [0.717, 1.165) is 0 Å². The van der Waals surface area contributed by atoms with Crippen molar-refractivity contribution in [1.82, 2.24) is 15.0 Å². The fraction of sp³-hybridized carbons (Fsp3) is 0.500. The molecular formula is C6H12N6O2. The van der Waals surface area contributed by atoms with Gasteiger partial charge in [0, 0.05) is 7.11 Å². The lowest BCUT2D eigenvalue weighted by molar-refractivity contribution is 0.0997. The van der Waals surface area contributed by atoms with E-state index in [2.05, 4.69) is 20.4 Å². The van der Waals surface area contributed by atoms with E-state index in [1.54, 1.807) is 7.11 Å². The van der Waals surface area contributed by atoms with Crippen molar-refractivity contribution in [2.75, 3.05) is 37.3 Å². The lowest BCUT2D eigenvalue weighted by Gasteiger charge is -2.05. The fourth-order valence-corrected chi connectivity index (χ4v) is 0.696. The molecule has 0 amide bonds. The summed E-state index contributed by atoms with van der Waals surface area (Å²) in [5, 5.41) is 0. The van der Waals surface area contributed by atoms with E-state index in [1.807, 2.05) is 0 Å². The van der Waals surface area contributed by atoms with Crippen molar-refractivity contribution in [1.29, 1.82) is 0 Å². The van der Waals surface area contributed by atoms with Gasteiger partial charge in [0.05, 0.1) is 13.2 Å². The number of nitrogens with zero attached hydrogens (tertiary/aromatic N) is 3. The topological polar surface area (TPSA) is 121 Å². The van der Waals surface area contributed by atoms with Gasteiger partial charge in [0.1, 0.15) is 0 Å². The van der Waals surface area contributed by atoms with E-state index in [9.17, 15) is 0 Å². The number of rotatable bonds is 5. The monoisotopic (exact) mass is 200 g/mol. The smallest absolute Gasteiger partial charge is 0.253 e. The van der Waals surface area contributed by atoms with Crippen LogP contribution in [0.2, 0.25) is 0 Å². The van der Waals surface area contributed by atoms with Crippen LogP contribution in [0, 0.1) is 0 Å². The molecule has 5 N–H and O–H groups in total. The zero-order valence-corrected chi connectivity index (χ0v) is 7.73. The van der Waals surface area contributed by atoms with Gasteiger partial charge in [0.15, 0.2) is 0 Å². The summed E-state index contributed by atoms with van der Waals surface area (Å²) >= 11 is 0. The predicted molar refractivity (Wildman–Crippen MR) is 50.1 cm³/mol. The van der Waals surface area contributed by atoms with Gasteiger partial charge in [0.2, 0.25) is 11.9 Å². The van der Waals surface area contributed by atoms with Crippen molar-refractivity contribution >= 4 is 17.8 Å². The summed E-state index contributed by atoms with van der Waals surface area (Å²) in [5.74, 6) is 0.247. The number of ether oxygens (including phenoxy) is 1. The van der Waals surface area contributed by atoms with Crippen LogP contribution in [0.5, 0.6) is 0 Å². The molecule has 8 nitrogen and oxygen atoms in total. The summed E-state index contributed by atoms with van der Waals surface area (Å²) in [6.07, 6.45) is 0. The number of aromatic nitrogens is 3. The minimum atomic E-state index is 0.0374. The van der Waals surface area contributed by atoms with Gasteiger partial charge in [-0.3, -0.25) is 4.84 Å². The first kappa shape index (κ1) is 10.4. The van der Waals surface area contributed by atoms with E-state index in [1.165, 1.54) is 0 Å². The number of hydrogen-bond acceptors (Lipinski definition) is 8. The highest BCUT2D eigenvalue weighted by Crippen LogP contribution is 2.02. The summed E-state index contributed by atoms with van der Waals surface area (Å²) in [4.78, 5) is 16.0.